The minimum absolute atomic E-state index is 0.160. The zero-order valence-corrected chi connectivity index (χ0v) is 11.2. The largest absolute Gasteiger partial charge is 0.465 e. The third-order valence-corrected chi connectivity index (χ3v) is 4.99. The van der Waals surface area contributed by atoms with Gasteiger partial charge in [-0.3, -0.25) is 0 Å². The van der Waals surface area contributed by atoms with E-state index in [1.165, 1.54) is 18.6 Å². The SMILES string of the molecule is Cc1cc(S(=O)(=O)N(C)c2nncs2)c(C)o1. The number of nitrogens with zero attached hydrogens (tertiary/aromatic N) is 3. The smallest absolute Gasteiger partial charge is 0.269 e. The van der Waals surface area contributed by atoms with Crippen LogP contribution in [0.25, 0.3) is 0 Å². The fraction of sp³-hybridized carbons (Fsp3) is 0.333. The lowest BCUT2D eigenvalue weighted by molar-refractivity contribution is 0.496. The van der Waals surface area contributed by atoms with Gasteiger partial charge in [0.1, 0.15) is 21.9 Å². The van der Waals surface area contributed by atoms with Crippen LogP contribution in [0.4, 0.5) is 5.13 Å². The van der Waals surface area contributed by atoms with Gasteiger partial charge in [-0.1, -0.05) is 11.3 Å². The minimum atomic E-state index is -3.62. The van der Waals surface area contributed by atoms with E-state index in [0.717, 1.165) is 15.6 Å². The molecule has 2 heterocycles. The van der Waals surface area contributed by atoms with Crippen molar-refractivity contribution in [3.8, 4) is 0 Å². The monoisotopic (exact) mass is 273 g/mol. The maximum Gasteiger partial charge on any atom is 0.269 e. The fourth-order valence-corrected chi connectivity index (χ4v) is 3.53. The summed E-state index contributed by atoms with van der Waals surface area (Å²) in [6, 6.07) is 1.50. The topological polar surface area (TPSA) is 76.3 Å². The summed E-state index contributed by atoms with van der Waals surface area (Å²) >= 11 is 1.16. The summed E-state index contributed by atoms with van der Waals surface area (Å²) in [5, 5.41) is 7.67. The molecule has 0 atom stereocenters. The Hall–Kier alpha value is -1.41. The predicted octanol–water partition coefficient (Wildman–Crippen LogP) is 1.57. The normalized spacial score (nSPS) is 11.7. The van der Waals surface area contributed by atoms with Gasteiger partial charge in [0.25, 0.3) is 10.0 Å². The first-order valence-electron chi connectivity index (χ1n) is 4.75. The van der Waals surface area contributed by atoms with Gasteiger partial charge in [-0.25, -0.2) is 12.7 Å². The number of anilines is 1. The van der Waals surface area contributed by atoms with E-state index in [1.807, 2.05) is 0 Å². The lowest BCUT2D eigenvalue weighted by Crippen LogP contribution is -2.26. The first kappa shape index (κ1) is 12.1. The molecule has 0 spiro atoms. The number of aromatic nitrogens is 2. The number of rotatable bonds is 3. The number of hydrogen-bond donors (Lipinski definition) is 0. The minimum Gasteiger partial charge on any atom is -0.465 e. The number of furan rings is 1. The van der Waals surface area contributed by atoms with E-state index >= 15 is 0 Å². The van der Waals surface area contributed by atoms with Crippen molar-refractivity contribution in [3.05, 3.63) is 23.1 Å². The average Bonchev–Trinajstić information content (AvgIpc) is 2.86. The van der Waals surface area contributed by atoms with E-state index < -0.39 is 10.0 Å². The second-order valence-corrected chi connectivity index (χ2v) is 6.22. The summed E-state index contributed by atoms with van der Waals surface area (Å²) in [6.45, 7) is 3.32. The van der Waals surface area contributed by atoms with Crippen molar-refractivity contribution < 1.29 is 12.8 Å². The molecule has 0 aliphatic heterocycles. The number of hydrogen-bond acceptors (Lipinski definition) is 6. The van der Waals surface area contributed by atoms with Crippen molar-refractivity contribution in [1.29, 1.82) is 0 Å². The summed E-state index contributed by atoms with van der Waals surface area (Å²) in [5.74, 6) is 0.936. The van der Waals surface area contributed by atoms with Gasteiger partial charge in [0, 0.05) is 13.1 Å². The van der Waals surface area contributed by atoms with Crippen molar-refractivity contribution in [2.24, 2.45) is 0 Å². The molecule has 17 heavy (non-hydrogen) atoms. The van der Waals surface area contributed by atoms with Crippen molar-refractivity contribution in [2.75, 3.05) is 11.4 Å². The van der Waals surface area contributed by atoms with Gasteiger partial charge in [0.05, 0.1) is 0 Å². The molecular weight excluding hydrogens is 262 g/mol. The third-order valence-electron chi connectivity index (χ3n) is 2.25. The van der Waals surface area contributed by atoms with Crippen LogP contribution in [0.15, 0.2) is 20.9 Å². The predicted molar refractivity (Wildman–Crippen MR) is 63.7 cm³/mol. The van der Waals surface area contributed by atoms with Crippen LogP contribution in [-0.4, -0.2) is 25.7 Å². The molecule has 2 rings (SSSR count). The Bertz CT molecular complexity index is 616. The van der Waals surface area contributed by atoms with Gasteiger partial charge in [-0.05, 0) is 13.8 Å². The molecule has 0 N–H and O–H groups in total. The summed E-state index contributed by atoms with van der Waals surface area (Å²) in [4.78, 5) is 0.160. The molecule has 92 valence electrons. The van der Waals surface area contributed by atoms with Gasteiger partial charge in [-0.15, -0.1) is 10.2 Å². The molecule has 0 aromatic carbocycles. The highest BCUT2D eigenvalue weighted by Gasteiger charge is 2.27. The van der Waals surface area contributed by atoms with E-state index in [4.69, 9.17) is 4.42 Å². The van der Waals surface area contributed by atoms with Crippen LogP contribution < -0.4 is 4.31 Å². The first-order valence-corrected chi connectivity index (χ1v) is 7.07. The van der Waals surface area contributed by atoms with Crippen LogP contribution in [0.5, 0.6) is 0 Å². The molecule has 0 bridgehead atoms. The van der Waals surface area contributed by atoms with Crippen LogP contribution in [0.2, 0.25) is 0 Å². The zero-order chi connectivity index (χ0) is 12.6. The Morgan fingerprint density at radius 2 is 2.12 bits per heavy atom. The highest BCUT2D eigenvalue weighted by molar-refractivity contribution is 7.93. The van der Waals surface area contributed by atoms with E-state index in [9.17, 15) is 8.42 Å². The number of sulfonamides is 1. The van der Waals surface area contributed by atoms with Crippen LogP contribution >= 0.6 is 11.3 Å². The summed E-state index contributed by atoms with van der Waals surface area (Å²) in [5.41, 5.74) is 1.48. The molecule has 0 aliphatic carbocycles. The summed E-state index contributed by atoms with van der Waals surface area (Å²) in [7, 11) is -2.18. The van der Waals surface area contributed by atoms with E-state index in [1.54, 1.807) is 13.8 Å². The zero-order valence-electron chi connectivity index (χ0n) is 9.54. The van der Waals surface area contributed by atoms with Crippen molar-refractivity contribution in [3.63, 3.8) is 0 Å². The highest BCUT2D eigenvalue weighted by Crippen LogP contribution is 2.26. The van der Waals surface area contributed by atoms with Crippen LogP contribution in [-0.2, 0) is 10.0 Å². The quantitative estimate of drug-likeness (QED) is 0.848. The van der Waals surface area contributed by atoms with Gasteiger partial charge in [-0.2, -0.15) is 0 Å². The molecule has 0 fully saturated rings. The van der Waals surface area contributed by atoms with Crippen LogP contribution in [0, 0.1) is 13.8 Å². The molecular formula is C9H11N3O3S2. The Kier molecular flexibility index (Phi) is 2.92. The maximum atomic E-state index is 12.3. The molecule has 6 nitrogen and oxygen atoms in total. The summed E-state index contributed by atoms with van der Waals surface area (Å²) < 4.78 is 30.9. The molecule has 0 amide bonds. The maximum absolute atomic E-state index is 12.3. The third kappa shape index (κ3) is 2.05. The van der Waals surface area contributed by atoms with Crippen molar-refractivity contribution >= 4 is 26.5 Å². The molecule has 0 radical (unpaired) electrons. The van der Waals surface area contributed by atoms with E-state index in [-0.39, 0.29) is 4.90 Å². The standard InChI is InChI=1S/C9H11N3O3S2/c1-6-4-8(7(2)15-6)17(13,14)12(3)9-11-10-5-16-9/h4-5H,1-3H3. The van der Waals surface area contributed by atoms with Gasteiger partial charge >= 0.3 is 0 Å². The summed E-state index contributed by atoms with van der Waals surface area (Å²) in [6.07, 6.45) is 0. The lowest BCUT2D eigenvalue weighted by atomic mass is 10.4. The van der Waals surface area contributed by atoms with E-state index in [0.29, 0.717) is 16.7 Å². The van der Waals surface area contributed by atoms with Gasteiger partial charge < -0.3 is 4.42 Å². The Balaban J connectivity index is 2.47. The Morgan fingerprint density at radius 3 is 2.59 bits per heavy atom. The molecule has 2 aromatic rings. The first-order chi connectivity index (χ1) is 7.93. The number of aryl methyl sites for hydroxylation is 2. The molecule has 0 saturated heterocycles. The van der Waals surface area contributed by atoms with Crippen LogP contribution in [0.3, 0.4) is 0 Å². The second-order valence-electron chi connectivity index (χ2n) is 3.47. The fourth-order valence-electron chi connectivity index (χ4n) is 1.42. The van der Waals surface area contributed by atoms with E-state index in [2.05, 4.69) is 10.2 Å². The lowest BCUT2D eigenvalue weighted by Gasteiger charge is -2.14. The van der Waals surface area contributed by atoms with Crippen LogP contribution in [0.1, 0.15) is 11.5 Å². The van der Waals surface area contributed by atoms with Gasteiger partial charge in [0.15, 0.2) is 0 Å². The molecule has 8 heteroatoms. The molecule has 0 saturated carbocycles. The Labute approximate surface area is 103 Å². The Morgan fingerprint density at radius 1 is 1.41 bits per heavy atom. The average molecular weight is 273 g/mol. The second kappa shape index (κ2) is 4.11. The van der Waals surface area contributed by atoms with Crippen molar-refractivity contribution in [1.82, 2.24) is 10.2 Å². The van der Waals surface area contributed by atoms with Gasteiger partial charge in [0.2, 0.25) is 5.13 Å². The molecule has 0 aliphatic rings. The molecule has 2 aromatic heterocycles. The molecule has 0 unspecified atom stereocenters. The highest BCUT2D eigenvalue weighted by atomic mass is 32.2. The van der Waals surface area contributed by atoms with Crippen molar-refractivity contribution in [2.45, 2.75) is 18.7 Å².